The Morgan fingerprint density at radius 2 is 2.07 bits per heavy atom. The number of aryl methyl sites for hydroxylation is 1. The third-order valence-electron chi connectivity index (χ3n) is 6.76. The number of nitrogens with one attached hydrogen (secondary N) is 1. The first-order valence-electron chi connectivity index (χ1n) is 10.8. The lowest BCUT2D eigenvalue weighted by molar-refractivity contribution is 0.0832. The molecule has 1 aliphatic heterocycles. The largest absolute Gasteiger partial charge is 0.381 e. The van der Waals surface area contributed by atoms with Gasteiger partial charge in [-0.1, -0.05) is 19.6 Å². The van der Waals surface area contributed by atoms with Gasteiger partial charge >= 0.3 is 0 Å². The maximum Gasteiger partial charge on any atom is 0.253 e. The van der Waals surface area contributed by atoms with Crippen molar-refractivity contribution >= 4 is 19.8 Å². The highest BCUT2D eigenvalue weighted by atomic mass is 28.3. The molecule has 30 heavy (non-hydrogen) atoms. The number of nitrogens with zero attached hydrogens (tertiary/aromatic N) is 2. The average Bonchev–Trinajstić information content (AvgIpc) is 3.38. The minimum absolute atomic E-state index is 0.0437. The molecule has 0 bridgehead atoms. The highest BCUT2D eigenvalue weighted by molar-refractivity contribution is 6.76. The monoisotopic (exact) mass is 428 g/mol. The van der Waals surface area contributed by atoms with E-state index in [1.807, 2.05) is 0 Å². The Bertz CT molecular complexity index is 1050. The fourth-order valence-corrected chi connectivity index (χ4v) is 5.65. The van der Waals surface area contributed by atoms with E-state index in [2.05, 4.69) is 34.5 Å². The molecule has 1 saturated carbocycles. The first-order chi connectivity index (χ1) is 14.2. The van der Waals surface area contributed by atoms with Crippen LogP contribution in [0.1, 0.15) is 40.0 Å². The summed E-state index contributed by atoms with van der Waals surface area (Å²) in [4.78, 5) is 16.9. The lowest BCUT2D eigenvalue weighted by atomic mass is 9.86. The maximum absolute atomic E-state index is 15.2. The smallest absolute Gasteiger partial charge is 0.253 e. The lowest BCUT2D eigenvalue weighted by Crippen LogP contribution is -2.40. The van der Waals surface area contributed by atoms with Crippen molar-refractivity contribution in [2.45, 2.75) is 63.5 Å². The third kappa shape index (κ3) is 3.00. The van der Waals surface area contributed by atoms with Crippen LogP contribution in [-0.4, -0.2) is 36.7 Å². The van der Waals surface area contributed by atoms with Gasteiger partial charge in [-0.3, -0.25) is 4.79 Å². The molecule has 8 heteroatoms. The number of anilines is 1. The van der Waals surface area contributed by atoms with E-state index >= 15 is 4.39 Å². The summed E-state index contributed by atoms with van der Waals surface area (Å²) in [6.07, 6.45) is 5.09. The summed E-state index contributed by atoms with van der Waals surface area (Å²) in [5.74, 6) is -0.639. The van der Waals surface area contributed by atoms with Crippen LogP contribution in [0.2, 0.25) is 25.7 Å². The fraction of sp³-hybridized carbons (Fsp3) is 0.545. The normalized spacial score (nSPS) is 18.6. The summed E-state index contributed by atoms with van der Waals surface area (Å²) in [6, 6.07) is 1.06. The molecule has 0 atom stereocenters. The summed E-state index contributed by atoms with van der Waals surface area (Å²) in [5, 5.41) is 3.07. The molecule has 0 radical (unpaired) electrons. The Labute approximate surface area is 177 Å². The van der Waals surface area contributed by atoms with Crippen LogP contribution in [0.3, 0.4) is 0 Å². The summed E-state index contributed by atoms with van der Waals surface area (Å²) in [6.45, 7) is 8.61. The molecule has 0 unspecified atom stereocenters. The topological polar surface area (TPSA) is 82.2 Å². The number of hydrogen-bond acceptors (Lipinski definition) is 4. The van der Waals surface area contributed by atoms with Crippen LogP contribution in [0.5, 0.6) is 0 Å². The second-order valence-corrected chi connectivity index (χ2v) is 15.8. The van der Waals surface area contributed by atoms with Gasteiger partial charge in [0.1, 0.15) is 6.73 Å². The van der Waals surface area contributed by atoms with Gasteiger partial charge in [0.05, 0.1) is 11.3 Å². The zero-order valence-corrected chi connectivity index (χ0v) is 18.9. The SMILES string of the molecule is C[Si](C)(C)CCOCn1c2c(c3c1C1(CC1)CNC3=O)CCc1cnc(N)c(F)c1-2. The van der Waals surface area contributed by atoms with Crippen LogP contribution in [0.4, 0.5) is 10.2 Å². The summed E-state index contributed by atoms with van der Waals surface area (Å²) in [7, 11) is -1.22. The number of aromatic nitrogens is 2. The number of rotatable bonds is 5. The second-order valence-electron chi connectivity index (χ2n) is 10.1. The maximum atomic E-state index is 15.2. The Balaban J connectivity index is 1.66. The first kappa shape index (κ1) is 19.8. The van der Waals surface area contributed by atoms with Crippen molar-refractivity contribution < 1.29 is 13.9 Å². The molecule has 0 aromatic carbocycles. The van der Waals surface area contributed by atoms with E-state index in [-0.39, 0.29) is 17.1 Å². The molecule has 3 heterocycles. The number of nitrogens with two attached hydrogens (primary N) is 1. The van der Waals surface area contributed by atoms with Crippen molar-refractivity contribution in [2.75, 3.05) is 18.9 Å². The molecule has 1 amide bonds. The Hall–Kier alpha value is -2.19. The zero-order chi connectivity index (χ0) is 21.3. The van der Waals surface area contributed by atoms with Crippen LogP contribution in [0.25, 0.3) is 11.3 Å². The van der Waals surface area contributed by atoms with Crippen molar-refractivity contribution in [1.82, 2.24) is 14.9 Å². The Morgan fingerprint density at radius 1 is 1.30 bits per heavy atom. The average molecular weight is 429 g/mol. The number of carbonyl (C=O) groups is 1. The standard InChI is InChI=1S/C22H29FN4O2Si/c1-30(2,3)9-8-29-12-27-18-14(5-4-13-10-25-20(24)17(23)15(13)18)16-19(27)22(6-7-22)11-26-21(16)28/h10H,4-9,11-12H2,1-3H3,(H2,24,25)(H,26,28). The van der Waals surface area contributed by atoms with Gasteiger partial charge in [-0.25, -0.2) is 9.37 Å². The molecule has 0 saturated heterocycles. The molecule has 2 aromatic rings. The van der Waals surface area contributed by atoms with Gasteiger partial charge < -0.3 is 20.4 Å². The number of halogens is 1. The number of hydrogen-bond donors (Lipinski definition) is 2. The van der Waals surface area contributed by atoms with Gasteiger partial charge in [-0.05, 0) is 42.9 Å². The molecular formula is C22H29FN4O2Si. The van der Waals surface area contributed by atoms with Crippen molar-refractivity contribution in [3.05, 3.63) is 34.4 Å². The highest BCUT2D eigenvalue weighted by Crippen LogP contribution is 2.54. The minimum Gasteiger partial charge on any atom is -0.381 e. The van der Waals surface area contributed by atoms with Gasteiger partial charge in [0.25, 0.3) is 5.91 Å². The van der Waals surface area contributed by atoms with E-state index in [9.17, 15) is 4.79 Å². The molecule has 160 valence electrons. The van der Waals surface area contributed by atoms with Crippen LogP contribution in [0, 0.1) is 5.82 Å². The van der Waals surface area contributed by atoms with Crippen molar-refractivity contribution in [2.24, 2.45) is 0 Å². The second kappa shape index (κ2) is 6.65. The van der Waals surface area contributed by atoms with E-state index in [1.165, 1.54) is 0 Å². The Morgan fingerprint density at radius 3 is 2.77 bits per heavy atom. The van der Waals surface area contributed by atoms with Crippen LogP contribution < -0.4 is 11.1 Å². The van der Waals surface area contributed by atoms with Crippen LogP contribution in [0.15, 0.2) is 6.20 Å². The van der Waals surface area contributed by atoms with Gasteiger partial charge in [-0.15, -0.1) is 0 Å². The van der Waals surface area contributed by atoms with E-state index in [4.69, 9.17) is 10.5 Å². The van der Waals surface area contributed by atoms with Gasteiger partial charge in [0.15, 0.2) is 11.6 Å². The highest BCUT2D eigenvalue weighted by Gasteiger charge is 2.53. The molecule has 2 aliphatic carbocycles. The lowest BCUT2D eigenvalue weighted by Gasteiger charge is -2.26. The number of nitrogen functional groups attached to an aromatic ring is 1. The third-order valence-corrected chi connectivity index (χ3v) is 8.46. The number of pyridine rings is 1. The molecule has 3 aliphatic rings. The molecule has 2 aromatic heterocycles. The van der Waals surface area contributed by atoms with Crippen LogP contribution in [-0.2, 0) is 29.7 Å². The first-order valence-corrected chi connectivity index (χ1v) is 14.5. The number of amides is 1. The van der Waals surface area contributed by atoms with E-state index in [0.29, 0.717) is 38.3 Å². The Kier molecular flexibility index (Phi) is 4.38. The number of fused-ring (bicyclic) bond motifs is 6. The minimum atomic E-state index is -1.22. The van der Waals surface area contributed by atoms with Crippen molar-refractivity contribution in [3.8, 4) is 11.3 Å². The molecule has 1 fully saturated rings. The number of ether oxygens (including phenoxy) is 1. The molecule has 5 rings (SSSR count). The number of carbonyl (C=O) groups excluding carboxylic acids is 1. The van der Waals surface area contributed by atoms with Gasteiger partial charge in [0, 0.05) is 44.1 Å². The van der Waals surface area contributed by atoms with Crippen LogP contribution >= 0.6 is 0 Å². The van der Waals surface area contributed by atoms with Gasteiger partial charge in [0.2, 0.25) is 0 Å². The van der Waals surface area contributed by atoms with Gasteiger partial charge in [-0.2, -0.15) is 0 Å². The fourth-order valence-electron chi connectivity index (χ4n) is 4.89. The zero-order valence-electron chi connectivity index (χ0n) is 17.9. The van der Waals surface area contributed by atoms with Crippen molar-refractivity contribution in [3.63, 3.8) is 0 Å². The predicted octanol–water partition coefficient (Wildman–Crippen LogP) is 3.46. The van der Waals surface area contributed by atoms with E-state index in [0.717, 1.165) is 47.0 Å². The summed E-state index contributed by atoms with van der Waals surface area (Å²) in [5.41, 5.74) is 10.6. The molecule has 6 nitrogen and oxygen atoms in total. The summed E-state index contributed by atoms with van der Waals surface area (Å²) < 4.78 is 23.4. The molecule has 3 N–H and O–H groups in total. The van der Waals surface area contributed by atoms with Crippen molar-refractivity contribution in [1.29, 1.82) is 0 Å². The predicted molar refractivity (Wildman–Crippen MR) is 117 cm³/mol. The summed E-state index contributed by atoms with van der Waals surface area (Å²) >= 11 is 0. The molecule has 1 spiro atoms. The van der Waals surface area contributed by atoms with E-state index in [1.54, 1.807) is 6.20 Å². The quantitative estimate of drug-likeness (QED) is 0.564. The molecular weight excluding hydrogens is 399 g/mol. The van der Waals surface area contributed by atoms with E-state index < -0.39 is 13.9 Å².